The summed E-state index contributed by atoms with van der Waals surface area (Å²) in [7, 11) is 0. The van der Waals surface area contributed by atoms with Gasteiger partial charge in [-0.05, 0) is 58.1 Å². The topological polar surface area (TPSA) is 71.5 Å². The molecule has 0 spiro atoms. The van der Waals surface area contributed by atoms with E-state index < -0.39 is 5.60 Å². The predicted octanol–water partition coefficient (Wildman–Crippen LogP) is 4.16. The second-order valence-corrected chi connectivity index (χ2v) is 8.24. The molecule has 1 unspecified atom stereocenters. The average Bonchev–Trinajstić information content (AvgIpc) is 2.55. The predicted molar refractivity (Wildman–Crippen MR) is 102 cm³/mol. The highest BCUT2D eigenvalue weighted by Crippen LogP contribution is 2.22. The molecule has 0 aliphatic carbocycles. The van der Waals surface area contributed by atoms with Crippen LogP contribution in [0.3, 0.4) is 0 Å². The number of aromatic nitrogens is 1. The molecule has 1 aliphatic heterocycles. The number of hydrogen-bond acceptors (Lipinski definition) is 4. The molecule has 1 atom stereocenters. The molecular formula is C18H25Cl2N3O3. The number of amides is 2. The number of carbonyl (C=O) groups is 2. The van der Waals surface area contributed by atoms with Crippen LogP contribution in [-0.4, -0.2) is 47.1 Å². The summed E-state index contributed by atoms with van der Waals surface area (Å²) in [5.74, 6) is -0.0309. The number of hydrogen-bond donors (Lipinski definition) is 1. The molecule has 1 aliphatic rings. The lowest BCUT2D eigenvalue weighted by Gasteiger charge is -2.34. The third-order valence-electron chi connectivity index (χ3n) is 4.04. The maximum Gasteiger partial charge on any atom is 0.410 e. The van der Waals surface area contributed by atoms with Crippen molar-refractivity contribution in [3.63, 3.8) is 0 Å². The van der Waals surface area contributed by atoms with Crippen LogP contribution in [0.4, 0.5) is 4.79 Å². The number of likely N-dealkylation sites (tertiary alicyclic amines) is 1. The molecule has 2 amide bonds. The second kappa shape index (κ2) is 8.91. The normalized spacial score (nSPS) is 17.7. The van der Waals surface area contributed by atoms with Gasteiger partial charge in [0.1, 0.15) is 16.4 Å². The van der Waals surface area contributed by atoms with Crippen molar-refractivity contribution in [3.8, 4) is 0 Å². The van der Waals surface area contributed by atoms with Crippen molar-refractivity contribution < 1.29 is 14.3 Å². The summed E-state index contributed by atoms with van der Waals surface area (Å²) in [6.07, 6.45) is 2.44. The average molecular weight is 402 g/mol. The zero-order valence-electron chi connectivity index (χ0n) is 15.3. The summed E-state index contributed by atoms with van der Waals surface area (Å²) < 4.78 is 5.43. The van der Waals surface area contributed by atoms with E-state index in [1.165, 1.54) is 6.07 Å². The van der Waals surface area contributed by atoms with Crippen LogP contribution >= 0.6 is 23.2 Å². The molecule has 1 aromatic heterocycles. The fraction of sp³-hybridized carbons (Fsp3) is 0.611. The Morgan fingerprint density at radius 1 is 1.35 bits per heavy atom. The summed E-state index contributed by atoms with van der Waals surface area (Å²) in [6, 6.07) is 3.08. The van der Waals surface area contributed by atoms with Crippen LogP contribution in [0, 0.1) is 5.92 Å². The van der Waals surface area contributed by atoms with Gasteiger partial charge in [0.2, 0.25) is 0 Å². The van der Waals surface area contributed by atoms with Crippen molar-refractivity contribution in [2.24, 2.45) is 5.92 Å². The molecule has 2 heterocycles. The molecule has 6 nitrogen and oxygen atoms in total. The van der Waals surface area contributed by atoms with Crippen molar-refractivity contribution in [1.29, 1.82) is 0 Å². The maximum atomic E-state index is 12.2. The molecule has 1 saturated heterocycles. The Hall–Kier alpha value is -1.53. The first-order chi connectivity index (χ1) is 12.2. The minimum atomic E-state index is -0.499. The fourth-order valence-electron chi connectivity index (χ4n) is 2.84. The Balaban J connectivity index is 1.81. The zero-order valence-corrected chi connectivity index (χ0v) is 16.9. The quantitative estimate of drug-likeness (QED) is 0.768. The molecule has 2 rings (SSSR count). The van der Waals surface area contributed by atoms with Crippen LogP contribution in [0.25, 0.3) is 0 Å². The van der Waals surface area contributed by atoms with Crippen molar-refractivity contribution in [2.45, 2.75) is 45.6 Å². The Bertz CT molecular complexity index is 662. The summed E-state index contributed by atoms with van der Waals surface area (Å²) in [4.78, 5) is 30.1. The highest BCUT2D eigenvalue weighted by molar-refractivity contribution is 6.34. The van der Waals surface area contributed by atoms with Gasteiger partial charge in [-0.25, -0.2) is 9.78 Å². The summed E-state index contributed by atoms with van der Waals surface area (Å²) in [5.41, 5.74) is -0.375. The molecule has 8 heteroatoms. The van der Waals surface area contributed by atoms with Crippen LogP contribution < -0.4 is 5.32 Å². The van der Waals surface area contributed by atoms with Crippen molar-refractivity contribution in [2.75, 3.05) is 19.6 Å². The minimum absolute atomic E-state index is 0.123. The Morgan fingerprint density at radius 3 is 2.77 bits per heavy atom. The van der Waals surface area contributed by atoms with E-state index in [2.05, 4.69) is 10.3 Å². The zero-order chi connectivity index (χ0) is 19.3. The van der Waals surface area contributed by atoms with E-state index in [-0.39, 0.29) is 27.9 Å². The van der Waals surface area contributed by atoms with Gasteiger partial charge < -0.3 is 15.0 Å². The first-order valence-corrected chi connectivity index (χ1v) is 9.49. The number of rotatable bonds is 4. The van der Waals surface area contributed by atoms with Gasteiger partial charge in [-0.3, -0.25) is 4.79 Å². The van der Waals surface area contributed by atoms with Gasteiger partial charge in [0.05, 0.1) is 5.02 Å². The van der Waals surface area contributed by atoms with Crippen LogP contribution in [0.2, 0.25) is 10.2 Å². The van der Waals surface area contributed by atoms with E-state index in [0.29, 0.717) is 25.6 Å². The van der Waals surface area contributed by atoms with Gasteiger partial charge in [-0.2, -0.15) is 0 Å². The molecular weight excluding hydrogens is 377 g/mol. The van der Waals surface area contributed by atoms with E-state index in [1.807, 2.05) is 20.8 Å². The van der Waals surface area contributed by atoms with E-state index >= 15 is 0 Å². The van der Waals surface area contributed by atoms with Crippen LogP contribution in [-0.2, 0) is 4.74 Å². The largest absolute Gasteiger partial charge is 0.444 e. The fourth-order valence-corrected chi connectivity index (χ4v) is 3.18. The molecule has 0 saturated carbocycles. The summed E-state index contributed by atoms with van der Waals surface area (Å²) in [5, 5.41) is 3.30. The molecule has 0 bridgehead atoms. The molecule has 1 fully saturated rings. The third kappa shape index (κ3) is 6.32. The van der Waals surface area contributed by atoms with Crippen molar-refractivity contribution in [3.05, 3.63) is 28.0 Å². The van der Waals surface area contributed by atoms with E-state index in [9.17, 15) is 9.59 Å². The van der Waals surface area contributed by atoms with E-state index in [0.717, 1.165) is 19.3 Å². The maximum absolute atomic E-state index is 12.2. The van der Waals surface area contributed by atoms with Gasteiger partial charge in [0, 0.05) is 19.6 Å². The number of carbonyl (C=O) groups excluding carboxylic acids is 2. The number of piperidine rings is 1. The molecule has 0 radical (unpaired) electrons. The van der Waals surface area contributed by atoms with Crippen LogP contribution in [0.15, 0.2) is 12.1 Å². The highest BCUT2D eigenvalue weighted by atomic mass is 35.5. The molecule has 26 heavy (non-hydrogen) atoms. The third-order valence-corrected chi connectivity index (χ3v) is 4.55. The van der Waals surface area contributed by atoms with Gasteiger partial charge >= 0.3 is 6.09 Å². The number of ether oxygens (including phenoxy) is 1. The molecule has 1 aromatic rings. The first kappa shape index (κ1) is 20.8. The van der Waals surface area contributed by atoms with Gasteiger partial charge in [-0.15, -0.1) is 0 Å². The number of nitrogens with one attached hydrogen (secondary N) is 1. The lowest BCUT2D eigenvalue weighted by molar-refractivity contribution is 0.0161. The van der Waals surface area contributed by atoms with Crippen molar-refractivity contribution >= 4 is 35.2 Å². The summed E-state index contributed by atoms with van der Waals surface area (Å²) in [6.45, 7) is 7.40. The molecule has 1 N–H and O–H groups in total. The van der Waals surface area contributed by atoms with Crippen molar-refractivity contribution in [1.82, 2.24) is 15.2 Å². The first-order valence-electron chi connectivity index (χ1n) is 8.74. The molecule has 0 aromatic carbocycles. The van der Waals surface area contributed by atoms with Gasteiger partial charge in [0.15, 0.2) is 0 Å². The Morgan fingerprint density at radius 2 is 2.08 bits per heavy atom. The summed E-state index contributed by atoms with van der Waals surface area (Å²) >= 11 is 11.8. The van der Waals surface area contributed by atoms with Crippen LogP contribution in [0.1, 0.15) is 50.5 Å². The van der Waals surface area contributed by atoms with E-state index in [4.69, 9.17) is 27.9 Å². The minimum Gasteiger partial charge on any atom is -0.444 e. The lowest BCUT2D eigenvalue weighted by atomic mass is 9.95. The lowest BCUT2D eigenvalue weighted by Crippen LogP contribution is -2.43. The number of nitrogens with zero attached hydrogens (tertiary/aromatic N) is 2. The monoisotopic (exact) mass is 401 g/mol. The number of pyridine rings is 1. The van der Waals surface area contributed by atoms with Gasteiger partial charge in [0.25, 0.3) is 5.91 Å². The Kier molecular flexibility index (Phi) is 7.12. The van der Waals surface area contributed by atoms with Crippen LogP contribution in [0.5, 0.6) is 0 Å². The Labute approximate surface area is 164 Å². The highest BCUT2D eigenvalue weighted by Gasteiger charge is 2.27. The smallest absolute Gasteiger partial charge is 0.410 e. The standard InChI is InChI=1S/C18H25Cl2N3O3/c1-18(2,3)26-17(25)23-10-4-5-12(11-23)8-9-21-16(24)15-13(19)6-7-14(20)22-15/h6-7,12H,4-5,8-11H2,1-3H3,(H,21,24). The van der Waals surface area contributed by atoms with E-state index in [1.54, 1.807) is 11.0 Å². The number of halogens is 2. The molecule has 144 valence electrons. The second-order valence-electron chi connectivity index (χ2n) is 7.44. The SMILES string of the molecule is CC(C)(C)OC(=O)N1CCCC(CCNC(=O)c2nc(Cl)ccc2Cl)C1. The van der Waals surface area contributed by atoms with Gasteiger partial charge in [-0.1, -0.05) is 23.2 Å².